The van der Waals surface area contributed by atoms with Gasteiger partial charge in [0.2, 0.25) is 0 Å². The zero-order chi connectivity index (χ0) is 14.4. The summed E-state index contributed by atoms with van der Waals surface area (Å²) in [6.45, 7) is 0.748. The van der Waals surface area contributed by atoms with Gasteiger partial charge in [0, 0.05) is 22.3 Å². The van der Waals surface area contributed by atoms with Crippen molar-refractivity contribution >= 4 is 27.5 Å². The first-order chi connectivity index (χ1) is 9.69. The molecule has 0 aliphatic rings. The Morgan fingerprint density at radius 3 is 2.35 bits per heavy atom. The van der Waals surface area contributed by atoms with Crippen molar-refractivity contribution in [2.45, 2.75) is 6.54 Å². The number of rotatable bonds is 5. The van der Waals surface area contributed by atoms with Crippen LogP contribution in [0.5, 0.6) is 0 Å². The molecule has 0 radical (unpaired) electrons. The molecule has 0 bridgehead atoms. The quantitative estimate of drug-likeness (QED) is 0.337. The molecule has 6 heteroatoms. The molecule has 102 valence electrons. The van der Waals surface area contributed by atoms with Crippen LogP contribution < -0.4 is 11.1 Å². The summed E-state index contributed by atoms with van der Waals surface area (Å²) in [5, 5.41) is 9.72. The Morgan fingerprint density at radius 2 is 1.75 bits per heavy atom. The van der Waals surface area contributed by atoms with Gasteiger partial charge in [0.1, 0.15) is 0 Å². The number of benzene rings is 2. The van der Waals surface area contributed by atoms with Gasteiger partial charge in [0.25, 0.3) is 0 Å². The number of anilines is 1. The Morgan fingerprint density at radius 1 is 1.10 bits per heavy atom. The lowest BCUT2D eigenvalue weighted by Gasteiger charge is -2.07. The van der Waals surface area contributed by atoms with E-state index in [1.165, 1.54) is 5.56 Å². The van der Waals surface area contributed by atoms with E-state index in [0.717, 1.165) is 22.3 Å². The van der Waals surface area contributed by atoms with Crippen molar-refractivity contribution in [3.63, 3.8) is 0 Å². The Hall–Kier alpha value is -2.21. The van der Waals surface area contributed by atoms with Crippen molar-refractivity contribution in [2.75, 3.05) is 5.32 Å². The normalized spacial score (nSPS) is 11.2. The molecule has 0 unspecified atom stereocenters. The molecule has 0 spiro atoms. The molecule has 0 aromatic heterocycles. The molecular weight excluding hydrogens is 318 g/mol. The fraction of sp³-hybridized carbons (Fsp3) is 0.0714. The predicted octanol–water partition coefficient (Wildman–Crippen LogP) is 3.71. The summed E-state index contributed by atoms with van der Waals surface area (Å²) < 4.78 is 1.07. The Bertz CT molecular complexity index is 604. The second-order valence-electron chi connectivity index (χ2n) is 4.14. The van der Waals surface area contributed by atoms with Crippen LogP contribution in [0, 0.1) is 5.53 Å². The third-order valence-electron chi connectivity index (χ3n) is 2.75. The summed E-state index contributed by atoms with van der Waals surface area (Å²) in [5.74, 6) is 0.236. The van der Waals surface area contributed by atoms with Crippen LogP contribution in [0.1, 0.15) is 11.1 Å². The van der Waals surface area contributed by atoms with E-state index in [-0.39, 0.29) is 5.84 Å². The van der Waals surface area contributed by atoms with Gasteiger partial charge in [-0.3, -0.25) is 0 Å². The summed E-state index contributed by atoms with van der Waals surface area (Å²) in [7, 11) is 0. The average Bonchev–Trinajstić information content (AvgIpc) is 2.47. The number of hydrogen-bond donors (Lipinski definition) is 3. The van der Waals surface area contributed by atoms with Gasteiger partial charge < -0.3 is 11.1 Å². The van der Waals surface area contributed by atoms with Gasteiger partial charge in [-0.2, -0.15) is 5.53 Å². The van der Waals surface area contributed by atoms with Gasteiger partial charge in [0.15, 0.2) is 5.84 Å². The Labute approximate surface area is 125 Å². The molecule has 0 aliphatic carbocycles. The van der Waals surface area contributed by atoms with Crippen LogP contribution in [0.2, 0.25) is 0 Å². The Kier molecular flexibility index (Phi) is 4.84. The summed E-state index contributed by atoms with van der Waals surface area (Å²) in [4.78, 5) is 0. The SMILES string of the molecule is N=NN=C(N)c1ccc(NCc2ccc(Br)cc2)cc1. The first-order valence-corrected chi connectivity index (χ1v) is 6.77. The molecule has 0 amide bonds. The number of nitrogens with zero attached hydrogens (tertiary/aromatic N) is 2. The molecule has 4 N–H and O–H groups in total. The Balaban J connectivity index is 1.99. The monoisotopic (exact) mass is 331 g/mol. The van der Waals surface area contributed by atoms with Gasteiger partial charge in [-0.15, -0.1) is 5.10 Å². The third-order valence-corrected chi connectivity index (χ3v) is 3.28. The second-order valence-corrected chi connectivity index (χ2v) is 5.06. The minimum atomic E-state index is 0.236. The van der Waals surface area contributed by atoms with Crippen molar-refractivity contribution in [1.29, 1.82) is 5.53 Å². The molecule has 0 atom stereocenters. The van der Waals surface area contributed by atoms with Crippen molar-refractivity contribution in [3.8, 4) is 0 Å². The van der Waals surface area contributed by atoms with E-state index in [1.54, 1.807) is 0 Å². The highest BCUT2D eigenvalue weighted by atomic mass is 79.9. The van der Waals surface area contributed by atoms with E-state index in [1.807, 2.05) is 36.4 Å². The molecule has 0 fully saturated rings. The van der Waals surface area contributed by atoms with Crippen LogP contribution >= 0.6 is 15.9 Å². The van der Waals surface area contributed by atoms with Crippen LogP contribution in [-0.4, -0.2) is 5.84 Å². The molecule has 2 aromatic carbocycles. The third kappa shape index (κ3) is 3.89. The highest BCUT2D eigenvalue weighted by Crippen LogP contribution is 2.14. The number of halogens is 1. The van der Waals surface area contributed by atoms with Gasteiger partial charge in [0.05, 0.1) is 0 Å². The van der Waals surface area contributed by atoms with Crippen molar-refractivity contribution < 1.29 is 0 Å². The van der Waals surface area contributed by atoms with E-state index >= 15 is 0 Å². The van der Waals surface area contributed by atoms with Crippen LogP contribution in [0.4, 0.5) is 5.69 Å². The molecule has 0 saturated heterocycles. The zero-order valence-electron chi connectivity index (χ0n) is 10.7. The van der Waals surface area contributed by atoms with Crippen LogP contribution in [0.15, 0.2) is 63.3 Å². The maximum atomic E-state index is 6.64. The lowest BCUT2D eigenvalue weighted by molar-refractivity contribution is 0.986. The first kappa shape index (κ1) is 14.2. The van der Waals surface area contributed by atoms with Gasteiger partial charge in [-0.1, -0.05) is 33.3 Å². The summed E-state index contributed by atoms with van der Waals surface area (Å²) in [6.07, 6.45) is 0. The van der Waals surface area contributed by atoms with Crippen molar-refractivity contribution in [1.82, 2.24) is 0 Å². The van der Waals surface area contributed by atoms with Gasteiger partial charge >= 0.3 is 0 Å². The molecule has 5 nitrogen and oxygen atoms in total. The minimum absolute atomic E-state index is 0.236. The topological polar surface area (TPSA) is 86.6 Å². The van der Waals surface area contributed by atoms with Gasteiger partial charge in [-0.05, 0) is 42.0 Å². The van der Waals surface area contributed by atoms with Crippen molar-refractivity contribution in [2.24, 2.45) is 16.1 Å². The number of nitrogens with one attached hydrogen (secondary N) is 2. The van der Waals surface area contributed by atoms with Gasteiger partial charge in [-0.25, -0.2) is 0 Å². The maximum Gasteiger partial charge on any atom is 0.155 e. The molecule has 2 rings (SSSR count). The number of amidine groups is 1. The van der Waals surface area contributed by atoms with E-state index in [4.69, 9.17) is 11.3 Å². The highest BCUT2D eigenvalue weighted by molar-refractivity contribution is 9.10. The highest BCUT2D eigenvalue weighted by Gasteiger charge is 1.99. The van der Waals surface area contributed by atoms with Crippen LogP contribution in [0.3, 0.4) is 0 Å². The largest absolute Gasteiger partial charge is 0.382 e. The van der Waals surface area contributed by atoms with E-state index in [0.29, 0.717) is 0 Å². The number of nitrogens with two attached hydrogens (primary N) is 1. The maximum absolute atomic E-state index is 6.64. The molecule has 0 heterocycles. The summed E-state index contributed by atoms with van der Waals surface area (Å²) >= 11 is 3.41. The fourth-order valence-electron chi connectivity index (χ4n) is 1.68. The fourth-order valence-corrected chi connectivity index (χ4v) is 1.94. The van der Waals surface area contributed by atoms with Crippen LogP contribution in [-0.2, 0) is 6.54 Å². The van der Waals surface area contributed by atoms with E-state index in [9.17, 15) is 0 Å². The smallest absolute Gasteiger partial charge is 0.155 e. The number of hydrogen-bond acceptors (Lipinski definition) is 3. The lowest BCUT2D eigenvalue weighted by Crippen LogP contribution is -2.12. The predicted molar refractivity (Wildman–Crippen MR) is 83.8 cm³/mol. The summed E-state index contributed by atoms with van der Waals surface area (Å²) in [5.41, 5.74) is 15.2. The molecular formula is C14H14BrN5. The minimum Gasteiger partial charge on any atom is -0.382 e. The summed E-state index contributed by atoms with van der Waals surface area (Å²) in [6, 6.07) is 15.7. The zero-order valence-corrected chi connectivity index (χ0v) is 12.3. The average molecular weight is 332 g/mol. The first-order valence-electron chi connectivity index (χ1n) is 5.97. The lowest BCUT2D eigenvalue weighted by atomic mass is 10.2. The van der Waals surface area contributed by atoms with Crippen molar-refractivity contribution in [3.05, 3.63) is 64.1 Å². The molecule has 2 aromatic rings. The molecule has 20 heavy (non-hydrogen) atoms. The second kappa shape index (κ2) is 6.81. The van der Waals surface area contributed by atoms with E-state index < -0.39 is 0 Å². The van der Waals surface area contributed by atoms with Crippen LogP contribution in [0.25, 0.3) is 0 Å². The molecule has 0 saturated carbocycles. The molecule has 0 aliphatic heterocycles. The van der Waals surface area contributed by atoms with E-state index in [2.05, 4.69) is 43.7 Å². The standard InChI is InChI=1S/C14H14BrN5/c15-12-5-1-10(2-6-12)9-18-13-7-3-11(4-8-13)14(16)19-20-17/h1-8,18H,9H2,(H3,16,17,19).